The Balaban J connectivity index is 2.19. The molecule has 1 atom stereocenters. The Kier molecular flexibility index (Phi) is 8.84. The number of rotatable bonds is 10. The van der Waals surface area contributed by atoms with Gasteiger partial charge in [-0.3, -0.25) is 9.59 Å². The fourth-order valence-electron chi connectivity index (χ4n) is 3.07. The van der Waals surface area contributed by atoms with Crippen LogP contribution in [0.2, 0.25) is 0 Å². The third-order valence-corrected chi connectivity index (χ3v) is 4.78. The summed E-state index contributed by atoms with van der Waals surface area (Å²) in [5, 5.41) is 2.91. The number of hydrogen-bond acceptors (Lipinski definition) is 3. The summed E-state index contributed by atoms with van der Waals surface area (Å²) in [4.78, 5) is 27.4. The van der Waals surface area contributed by atoms with Crippen molar-refractivity contribution in [1.82, 2.24) is 10.2 Å². The maximum atomic E-state index is 13.3. The molecule has 0 aliphatic carbocycles. The molecular formula is C24H31FN2O3. The highest BCUT2D eigenvalue weighted by molar-refractivity contribution is 5.88. The fourth-order valence-corrected chi connectivity index (χ4v) is 3.07. The highest BCUT2D eigenvalue weighted by atomic mass is 19.1. The van der Waals surface area contributed by atoms with Gasteiger partial charge in [-0.25, -0.2) is 4.39 Å². The SMILES string of the molecule is CCC(C(=O)NCC(C)C)N(Cc1ccc(F)cc1)C(=O)COc1ccccc1C. The first-order chi connectivity index (χ1) is 14.3. The molecule has 2 aromatic carbocycles. The number of aryl methyl sites for hydroxylation is 1. The molecule has 0 aliphatic rings. The molecule has 0 heterocycles. The van der Waals surface area contributed by atoms with Gasteiger partial charge in [0.05, 0.1) is 0 Å². The van der Waals surface area contributed by atoms with E-state index in [1.807, 2.05) is 45.9 Å². The van der Waals surface area contributed by atoms with Crippen LogP contribution in [0.3, 0.4) is 0 Å². The predicted molar refractivity (Wildman–Crippen MR) is 116 cm³/mol. The van der Waals surface area contributed by atoms with Crippen molar-refractivity contribution in [2.75, 3.05) is 13.2 Å². The molecule has 2 amide bonds. The smallest absolute Gasteiger partial charge is 0.261 e. The van der Waals surface area contributed by atoms with E-state index < -0.39 is 6.04 Å². The van der Waals surface area contributed by atoms with E-state index in [2.05, 4.69) is 5.32 Å². The number of nitrogens with one attached hydrogen (secondary N) is 1. The number of carbonyl (C=O) groups is 2. The minimum Gasteiger partial charge on any atom is -0.484 e. The molecule has 0 bridgehead atoms. The van der Waals surface area contributed by atoms with Crippen molar-refractivity contribution in [2.45, 2.75) is 46.7 Å². The van der Waals surface area contributed by atoms with Gasteiger partial charge in [0, 0.05) is 13.1 Å². The molecule has 1 N–H and O–H groups in total. The third kappa shape index (κ3) is 6.87. The summed E-state index contributed by atoms with van der Waals surface area (Å²) < 4.78 is 19.0. The number of para-hydroxylation sites is 1. The van der Waals surface area contributed by atoms with Gasteiger partial charge in [0.2, 0.25) is 5.91 Å². The summed E-state index contributed by atoms with van der Waals surface area (Å²) in [6, 6.07) is 12.8. The van der Waals surface area contributed by atoms with Crippen LogP contribution in [-0.2, 0) is 16.1 Å². The zero-order valence-electron chi connectivity index (χ0n) is 18.2. The Bertz CT molecular complexity index is 837. The number of nitrogens with zero attached hydrogens (tertiary/aromatic N) is 1. The van der Waals surface area contributed by atoms with E-state index in [9.17, 15) is 14.0 Å². The van der Waals surface area contributed by atoms with Gasteiger partial charge >= 0.3 is 0 Å². The average Bonchev–Trinajstić information content (AvgIpc) is 2.72. The Morgan fingerprint density at radius 2 is 1.77 bits per heavy atom. The lowest BCUT2D eigenvalue weighted by Gasteiger charge is -2.31. The summed E-state index contributed by atoms with van der Waals surface area (Å²) in [6.07, 6.45) is 0.460. The summed E-state index contributed by atoms with van der Waals surface area (Å²) in [5.41, 5.74) is 1.67. The number of carbonyl (C=O) groups excluding carboxylic acids is 2. The van der Waals surface area contributed by atoms with Crippen LogP contribution in [0.1, 0.15) is 38.3 Å². The van der Waals surface area contributed by atoms with Crippen molar-refractivity contribution in [2.24, 2.45) is 5.92 Å². The quantitative estimate of drug-likeness (QED) is 0.637. The molecule has 30 heavy (non-hydrogen) atoms. The summed E-state index contributed by atoms with van der Waals surface area (Å²) in [6.45, 7) is 8.35. The molecule has 162 valence electrons. The van der Waals surface area contributed by atoms with Crippen molar-refractivity contribution in [3.05, 3.63) is 65.5 Å². The summed E-state index contributed by atoms with van der Waals surface area (Å²) >= 11 is 0. The van der Waals surface area contributed by atoms with E-state index in [0.29, 0.717) is 24.6 Å². The first-order valence-corrected chi connectivity index (χ1v) is 10.3. The van der Waals surface area contributed by atoms with Crippen LogP contribution in [0.15, 0.2) is 48.5 Å². The van der Waals surface area contributed by atoms with Crippen LogP contribution in [0.5, 0.6) is 5.75 Å². The number of benzene rings is 2. The predicted octanol–water partition coefficient (Wildman–Crippen LogP) is 4.09. The van der Waals surface area contributed by atoms with Gasteiger partial charge < -0.3 is 15.0 Å². The van der Waals surface area contributed by atoms with Crippen LogP contribution in [0.25, 0.3) is 0 Å². The molecule has 2 rings (SSSR count). The molecule has 0 saturated heterocycles. The lowest BCUT2D eigenvalue weighted by atomic mass is 10.1. The van der Waals surface area contributed by atoms with Crippen LogP contribution in [0.4, 0.5) is 4.39 Å². The Morgan fingerprint density at radius 3 is 2.37 bits per heavy atom. The largest absolute Gasteiger partial charge is 0.484 e. The minimum atomic E-state index is -0.637. The van der Waals surface area contributed by atoms with Gasteiger partial charge in [-0.2, -0.15) is 0 Å². The van der Waals surface area contributed by atoms with Crippen molar-refractivity contribution >= 4 is 11.8 Å². The lowest BCUT2D eigenvalue weighted by Crippen LogP contribution is -2.50. The van der Waals surface area contributed by atoms with E-state index in [4.69, 9.17) is 4.74 Å². The van der Waals surface area contributed by atoms with Crippen molar-refractivity contribution in [3.8, 4) is 5.75 Å². The van der Waals surface area contributed by atoms with Gasteiger partial charge in [-0.1, -0.05) is 51.1 Å². The minimum absolute atomic E-state index is 0.181. The number of ether oxygens (including phenoxy) is 1. The van der Waals surface area contributed by atoms with E-state index in [0.717, 1.165) is 11.1 Å². The zero-order valence-corrected chi connectivity index (χ0v) is 18.2. The highest BCUT2D eigenvalue weighted by Gasteiger charge is 2.29. The second kappa shape index (κ2) is 11.3. The summed E-state index contributed by atoms with van der Waals surface area (Å²) in [5.74, 6) is 0.0925. The van der Waals surface area contributed by atoms with Gasteiger partial charge in [0.1, 0.15) is 17.6 Å². The van der Waals surface area contributed by atoms with Crippen LogP contribution in [0, 0.1) is 18.7 Å². The van der Waals surface area contributed by atoms with E-state index in [1.54, 1.807) is 18.2 Å². The zero-order chi connectivity index (χ0) is 22.1. The molecule has 0 radical (unpaired) electrons. The monoisotopic (exact) mass is 414 g/mol. The van der Waals surface area contributed by atoms with Crippen LogP contribution < -0.4 is 10.1 Å². The van der Waals surface area contributed by atoms with Crippen molar-refractivity contribution in [1.29, 1.82) is 0 Å². The van der Waals surface area contributed by atoms with E-state index in [1.165, 1.54) is 17.0 Å². The van der Waals surface area contributed by atoms with Gasteiger partial charge in [-0.05, 0) is 48.6 Å². The molecule has 0 aromatic heterocycles. The Labute approximate surface area is 178 Å². The molecule has 6 heteroatoms. The standard InChI is InChI=1S/C24H31FN2O3/c1-5-21(24(29)26-14-17(2)3)27(15-19-10-12-20(25)13-11-19)23(28)16-30-22-9-7-6-8-18(22)4/h6-13,17,21H,5,14-16H2,1-4H3,(H,26,29). The molecule has 5 nitrogen and oxygen atoms in total. The Morgan fingerprint density at radius 1 is 1.10 bits per heavy atom. The first kappa shape index (κ1) is 23.4. The lowest BCUT2D eigenvalue weighted by molar-refractivity contribution is -0.143. The van der Waals surface area contributed by atoms with Crippen LogP contribution in [-0.4, -0.2) is 35.9 Å². The first-order valence-electron chi connectivity index (χ1n) is 10.3. The number of amides is 2. The van der Waals surface area contributed by atoms with Gasteiger partial charge in [0.15, 0.2) is 6.61 Å². The van der Waals surface area contributed by atoms with Gasteiger partial charge in [0.25, 0.3) is 5.91 Å². The fraction of sp³-hybridized carbons (Fsp3) is 0.417. The van der Waals surface area contributed by atoms with Crippen molar-refractivity contribution in [3.63, 3.8) is 0 Å². The molecule has 2 aromatic rings. The van der Waals surface area contributed by atoms with Crippen LogP contribution >= 0.6 is 0 Å². The van der Waals surface area contributed by atoms with E-state index in [-0.39, 0.29) is 30.8 Å². The molecular weight excluding hydrogens is 383 g/mol. The second-order valence-corrected chi connectivity index (χ2v) is 7.77. The molecule has 0 fully saturated rings. The number of halogens is 1. The molecule has 1 unspecified atom stereocenters. The normalized spacial score (nSPS) is 11.8. The Hall–Kier alpha value is -2.89. The third-order valence-electron chi connectivity index (χ3n) is 4.78. The maximum absolute atomic E-state index is 13.3. The molecule has 0 aliphatic heterocycles. The number of hydrogen-bond donors (Lipinski definition) is 1. The topological polar surface area (TPSA) is 58.6 Å². The summed E-state index contributed by atoms with van der Waals surface area (Å²) in [7, 11) is 0. The second-order valence-electron chi connectivity index (χ2n) is 7.77. The van der Waals surface area contributed by atoms with E-state index >= 15 is 0 Å². The van der Waals surface area contributed by atoms with Gasteiger partial charge in [-0.15, -0.1) is 0 Å². The highest BCUT2D eigenvalue weighted by Crippen LogP contribution is 2.18. The molecule has 0 spiro atoms. The molecule has 0 saturated carbocycles. The average molecular weight is 415 g/mol. The maximum Gasteiger partial charge on any atom is 0.261 e. The van der Waals surface area contributed by atoms with Crippen molar-refractivity contribution < 1.29 is 18.7 Å².